The molecule has 0 bridgehead atoms. The van der Waals surface area contributed by atoms with Crippen molar-refractivity contribution in [2.75, 3.05) is 18.5 Å². The van der Waals surface area contributed by atoms with Gasteiger partial charge in [0.05, 0.1) is 0 Å². The molecule has 0 aromatic heterocycles. The summed E-state index contributed by atoms with van der Waals surface area (Å²) in [4.78, 5) is 1.96. The highest BCUT2D eigenvalue weighted by atomic mass is 35.5. The Morgan fingerprint density at radius 1 is 1.11 bits per heavy atom. The number of hydrogen-bond acceptors (Lipinski definition) is 2. The fraction of sp³-hybridized carbons (Fsp3) is 0.200. The van der Waals surface area contributed by atoms with E-state index in [1.54, 1.807) is 12.1 Å². The van der Waals surface area contributed by atoms with Gasteiger partial charge in [0, 0.05) is 23.4 Å². The van der Waals surface area contributed by atoms with Crippen molar-refractivity contribution in [1.29, 1.82) is 0 Å². The van der Waals surface area contributed by atoms with Crippen LogP contribution in [0.5, 0.6) is 0 Å². The molecule has 0 aliphatic rings. The number of halogens is 2. The average Bonchev–Trinajstić information content (AvgIpc) is 2.41. The monoisotopic (exact) mass is 278 g/mol. The van der Waals surface area contributed by atoms with E-state index in [4.69, 9.17) is 17.3 Å². The molecular formula is C15H16ClFN2. The Hall–Kier alpha value is -1.58. The zero-order chi connectivity index (χ0) is 13.8. The lowest BCUT2D eigenvalue weighted by Gasteiger charge is -2.20. The molecule has 0 fully saturated rings. The lowest BCUT2D eigenvalue weighted by Crippen LogP contribution is -2.10. The van der Waals surface area contributed by atoms with Gasteiger partial charge in [0.15, 0.2) is 0 Å². The van der Waals surface area contributed by atoms with E-state index in [1.807, 2.05) is 30.1 Å². The highest BCUT2D eigenvalue weighted by molar-refractivity contribution is 6.31. The number of nitrogens with two attached hydrogens (primary N) is 1. The van der Waals surface area contributed by atoms with E-state index >= 15 is 0 Å². The predicted octanol–water partition coefficient (Wildman–Crippen LogP) is 3.75. The first-order valence-corrected chi connectivity index (χ1v) is 6.47. The lowest BCUT2D eigenvalue weighted by atomic mass is 10.1. The van der Waals surface area contributed by atoms with Crippen LogP contribution in [0.4, 0.5) is 15.8 Å². The topological polar surface area (TPSA) is 29.3 Å². The van der Waals surface area contributed by atoms with E-state index in [0.29, 0.717) is 11.6 Å². The fourth-order valence-corrected chi connectivity index (χ4v) is 2.19. The average molecular weight is 279 g/mol. The molecule has 2 rings (SSSR count). The van der Waals surface area contributed by atoms with E-state index in [1.165, 1.54) is 12.1 Å². The maximum absolute atomic E-state index is 12.9. The maximum Gasteiger partial charge on any atom is 0.123 e. The van der Waals surface area contributed by atoms with Gasteiger partial charge in [-0.05, 0) is 54.9 Å². The summed E-state index contributed by atoms with van der Waals surface area (Å²) in [5, 5.41) is 0.705. The van der Waals surface area contributed by atoms with Gasteiger partial charge in [-0.2, -0.15) is 0 Å². The Bertz CT molecular complexity index is 555. The van der Waals surface area contributed by atoms with Gasteiger partial charge in [0.2, 0.25) is 0 Å². The quantitative estimate of drug-likeness (QED) is 0.923. The Morgan fingerprint density at radius 3 is 2.32 bits per heavy atom. The summed E-state index contributed by atoms with van der Waals surface area (Å²) in [5.41, 5.74) is 8.43. The normalized spacial score (nSPS) is 10.5. The summed E-state index contributed by atoms with van der Waals surface area (Å²) in [6.07, 6.45) is 0.763. The second kappa shape index (κ2) is 6.04. The molecule has 0 amide bonds. The first-order chi connectivity index (χ1) is 9.11. The van der Waals surface area contributed by atoms with Crippen LogP contribution >= 0.6 is 11.6 Å². The highest BCUT2D eigenvalue weighted by Crippen LogP contribution is 2.28. The first kappa shape index (κ1) is 13.8. The van der Waals surface area contributed by atoms with Crippen LogP contribution in [-0.2, 0) is 6.42 Å². The van der Waals surface area contributed by atoms with Gasteiger partial charge in [0.1, 0.15) is 5.82 Å². The molecule has 19 heavy (non-hydrogen) atoms. The number of rotatable bonds is 4. The molecule has 2 N–H and O–H groups in total. The third-order valence-corrected chi connectivity index (χ3v) is 3.40. The van der Waals surface area contributed by atoms with Gasteiger partial charge in [-0.1, -0.05) is 17.7 Å². The second-order valence-electron chi connectivity index (χ2n) is 4.35. The van der Waals surface area contributed by atoms with Crippen molar-refractivity contribution in [3.05, 3.63) is 58.9 Å². The maximum atomic E-state index is 12.9. The van der Waals surface area contributed by atoms with Gasteiger partial charge < -0.3 is 10.6 Å². The summed E-state index contributed by atoms with van der Waals surface area (Å²) >= 11 is 6.22. The largest absolute Gasteiger partial charge is 0.345 e. The van der Waals surface area contributed by atoms with Gasteiger partial charge >= 0.3 is 0 Å². The van der Waals surface area contributed by atoms with Crippen molar-refractivity contribution in [3.8, 4) is 0 Å². The number of hydrogen-bond donors (Lipinski definition) is 1. The van der Waals surface area contributed by atoms with E-state index < -0.39 is 0 Å². The van der Waals surface area contributed by atoms with Crippen LogP contribution in [0.2, 0.25) is 5.02 Å². The van der Waals surface area contributed by atoms with Crippen LogP contribution in [0.15, 0.2) is 42.5 Å². The molecule has 2 aromatic rings. The molecule has 0 saturated heterocycles. The third-order valence-electron chi connectivity index (χ3n) is 3.05. The lowest BCUT2D eigenvalue weighted by molar-refractivity contribution is 0.628. The number of benzene rings is 2. The minimum Gasteiger partial charge on any atom is -0.345 e. The standard InChI is InChI=1S/C15H16ClFN2/c1-19(13-6-3-12(17)4-7-13)14-5-2-11(8-9-18)15(16)10-14/h2-7,10H,8-9,18H2,1H3. The van der Waals surface area contributed by atoms with Gasteiger partial charge in [-0.15, -0.1) is 0 Å². The molecule has 2 nitrogen and oxygen atoms in total. The second-order valence-corrected chi connectivity index (χ2v) is 4.76. The van der Waals surface area contributed by atoms with Gasteiger partial charge in [0.25, 0.3) is 0 Å². The summed E-state index contributed by atoms with van der Waals surface area (Å²) in [7, 11) is 1.92. The molecule has 0 saturated carbocycles. The van der Waals surface area contributed by atoms with Gasteiger partial charge in [-0.3, -0.25) is 0 Å². The van der Waals surface area contributed by atoms with Crippen LogP contribution in [0, 0.1) is 5.82 Å². The van der Waals surface area contributed by atoms with Crippen LogP contribution < -0.4 is 10.6 Å². The molecule has 4 heteroatoms. The summed E-state index contributed by atoms with van der Waals surface area (Å²) in [6, 6.07) is 12.2. The van der Waals surface area contributed by atoms with Gasteiger partial charge in [-0.25, -0.2) is 4.39 Å². The Labute approximate surface area is 117 Å². The minimum atomic E-state index is -0.242. The highest BCUT2D eigenvalue weighted by Gasteiger charge is 2.07. The molecule has 0 heterocycles. The van der Waals surface area contributed by atoms with Crippen molar-refractivity contribution in [1.82, 2.24) is 0 Å². The van der Waals surface area contributed by atoms with Crippen LogP contribution in [0.1, 0.15) is 5.56 Å². The molecule has 0 atom stereocenters. The van der Waals surface area contributed by atoms with E-state index in [2.05, 4.69) is 0 Å². The molecule has 0 radical (unpaired) electrons. The molecule has 100 valence electrons. The summed E-state index contributed by atoms with van der Waals surface area (Å²) in [5.74, 6) is -0.242. The SMILES string of the molecule is CN(c1ccc(F)cc1)c1ccc(CCN)c(Cl)c1. The van der Waals surface area contributed by atoms with Crippen molar-refractivity contribution in [2.24, 2.45) is 5.73 Å². The molecule has 0 aliphatic heterocycles. The smallest absolute Gasteiger partial charge is 0.123 e. The van der Waals surface area contributed by atoms with Crippen molar-refractivity contribution >= 4 is 23.0 Å². The molecule has 0 aliphatic carbocycles. The minimum absolute atomic E-state index is 0.242. The van der Waals surface area contributed by atoms with Crippen molar-refractivity contribution in [2.45, 2.75) is 6.42 Å². The Kier molecular flexibility index (Phi) is 4.40. The molecule has 2 aromatic carbocycles. The van der Waals surface area contributed by atoms with Crippen molar-refractivity contribution < 1.29 is 4.39 Å². The zero-order valence-electron chi connectivity index (χ0n) is 10.7. The summed E-state index contributed by atoms with van der Waals surface area (Å²) in [6.45, 7) is 0.576. The molecular weight excluding hydrogens is 263 g/mol. The predicted molar refractivity (Wildman–Crippen MR) is 78.7 cm³/mol. The molecule has 0 unspecified atom stereocenters. The summed E-state index contributed by atoms with van der Waals surface area (Å²) < 4.78 is 12.9. The fourth-order valence-electron chi connectivity index (χ4n) is 1.92. The number of anilines is 2. The van der Waals surface area contributed by atoms with E-state index in [0.717, 1.165) is 23.4 Å². The molecule has 0 spiro atoms. The van der Waals surface area contributed by atoms with E-state index in [-0.39, 0.29) is 5.82 Å². The van der Waals surface area contributed by atoms with Crippen LogP contribution in [0.25, 0.3) is 0 Å². The Balaban J connectivity index is 2.26. The Morgan fingerprint density at radius 2 is 1.74 bits per heavy atom. The zero-order valence-corrected chi connectivity index (χ0v) is 11.5. The third kappa shape index (κ3) is 3.25. The van der Waals surface area contributed by atoms with E-state index in [9.17, 15) is 4.39 Å². The number of nitrogens with zero attached hydrogens (tertiary/aromatic N) is 1. The first-order valence-electron chi connectivity index (χ1n) is 6.09. The van der Waals surface area contributed by atoms with Crippen LogP contribution in [0.3, 0.4) is 0 Å². The van der Waals surface area contributed by atoms with Crippen molar-refractivity contribution in [3.63, 3.8) is 0 Å². The van der Waals surface area contributed by atoms with Crippen LogP contribution in [-0.4, -0.2) is 13.6 Å².